The van der Waals surface area contributed by atoms with Gasteiger partial charge in [0, 0.05) is 44.0 Å². The molecule has 134 valence electrons. The molecule has 2 N–H and O–H groups in total. The van der Waals surface area contributed by atoms with Gasteiger partial charge in [0.05, 0.1) is 12.3 Å². The summed E-state index contributed by atoms with van der Waals surface area (Å²) in [6.07, 6.45) is 4.10. The Morgan fingerprint density at radius 1 is 1.44 bits per heavy atom. The number of carbonyl (C=O) groups is 1. The Morgan fingerprint density at radius 2 is 2.32 bits per heavy atom. The van der Waals surface area contributed by atoms with Crippen molar-refractivity contribution in [3.8, 4) is 5.88 Å². The topological polar surface area (TPSA) is 89.1 Å². The molecule has 0 aliphatic heterocycles. The average Bonchev–Trinajstić information content (AvgIpc) is 2.99. The molecule has 0 radical (unpaired) electrons. The molecule has 1 aliphatic rings. The molecule has 2 aromatic rings. The number of pyridine rings is 1. The van der Waals surface area contributed by atoms with Crippen molar-refractivity contribution in [2.75, 3.05) is 20.3 Å². The van der Waals surface area contributed by atoms with Crippen LogP contribution in [-0.4, -0.2) is 41.2 Å². The van der Waals surface area contributed by atoms with E-state index in [1.807, 2.05) is 19.1 Å². The van der Waals surface area contributed by atoms with Crippen molar-refractivity contribution in [3.63, 3.8) is 0 Å². The monoisotopic (exact) mass is 344 g/mol. The third-order valence-electron chi connectivity index (χ3n) is 4.34. The molecule has 0 spiro atoms. The van der Waals surface area contributed by atoms with E-state index < -0.39 is 0 Å². The van der Waals surface area contributed by atoms with Gasteiger partial charge in [0.2, 0.25) is 11.8 Å². The van der Waals surface area contributed by atoms with Crippen molar-refractivity contribution >= 4 is 5.91 Å². The number of nitrogens with one attached hydrogen (secondary N) is 2. The van der Waals surface area contributed by atoms with Gasteiger partial charge in [-0.25, -0.2) is 9.97 Å². The maximum absolute atomic E-state index is 12.5. The van der Waals surface area contributed by atoms with Crippen LogP contribution in [0.5, 0.6) is 5.88 Å². The third-order valence-corrected chi connectivity index (χ3v) is 4.34. The summed E-state index contributed by atoms with van der Waals surface area (Å²) in [4.78, 5) is 24.4. The molecule has 0 saturated carbocycles. The number of amides is 1. The molecule has 1 atom stereocenters. The van der Waals surface area contributed by atoms with Gasteiger partial charge in [-0.2, -0.15) is 0 Å². The van der Waals surface area contributed by atoms with Crippen LogP contribution in [-0.2, 0) is 28.9 Å². The van der Waals surface area contributed by atoms with E-state index in [0.29, 0.717) is 25.6 Å². The first kappa shape index (κ1) is 17.4. The van der Waals surface area contributed by atoms with Crippen LogP contribution in [0, 0.1) is 12.8 Å². The molecule has 2 heterocycles. The van der Waals surface area contributed by atoms with E-state index in [1.54, 1.807) is 13.3 Å². The smallest absolute Gasteiger partial charge is 0.223 e. The molecular formula is C18H24N4O3. The van der Waals surface area contributed by atoms with Crippen LogP contribution in [0.15, 0.2) is 18.3 Å². The number of imidazole rings is 1. The minimum Gasteiger partial charge on any atom is -0.475 e. The van der Waals surface area contributed by atoms with Crippen LogP contribution in [0.1, 0.15) is 29.2 Å². The van der Waals surface area contributed by atoms with E-state index in [2.05, 4.69) is 20.3 Å². The molecular weight excluding hydrogens is 320 g/mol. The van der Waals surface area contributed by atoms with Crippen LogP contribution in [0.25, 0.3) is 0 Å². The van der Waals surface area contributed by atoms with Crippen molar-refractivity contribution in [1.82, 2.24) is 20.3 Å². The first-order valence-electron chi connectivity index (χ1n) is 8.54. The fourth-order valence-corrected chi connectivity index (χ4v) is 3.05. The molecule has 7 heteroatoms. The van der Waals surface area contributed by atoms with Crippen molar-refractivity contribution < 1.29 is 14.3 Å². The lowest BCUT2D eigenvalue weighted by Gasteiger charge is -2.20. The number of hydrogen-bond acceptors (Lipinski definition) is 5. The Balaban J connectivity index is 1.51. The Kier molecular flexibility index (Phi) is 5.65. The molecule has 0 unspecified atom stereocenters. The standard InChI is InChI=1S/C18H24N4O3/c1-12-21-15-4-3-14(10-16(15)22-12)18(23)20-11-13-5-6-19-17(9-13)25-8-7-24-2/h5-6,9,14H,3-4,7-8,10-11H2,1-2H3,(H,20,23)(H,21,22)/t14-/m1/s1. The highest BCUT2D eigenvalue weighted by Crippen LogP contribution is 2.24. The zero-order valence-corrected chi connectivity index (χ0v) is 14.7. The second-order valence-electron chi connectivity index (χ2n) is 6.25. The van der Waals surface area contributed by atoms with Crippen LogP contribution >= 0.6 is 0 Å². The zero-order chi connectivity index (χ0) is 17.6. The van der Waals surface area contributed by atoms with Crippen LogP contribution in [0.4, 0.5) is 0 Å². The first-order valence-corrected chi connectivity index (χ1v) is 8.54. The number of nitrogens with zero attached hydrogens (tertiary/aromatic N) is 2. The molecule has 0 saturated heterocycles. The molecule has 1 aliphatic carbocycles. The summed E-state index contributed by atoms with van der Waals surface area (Å²) in [5.41, 5.74) is 3.17. The number of ether oxygens (including phenoxy) is 2. The van der Waals surface area contributed by atoms with Crippen molar-refractivity contribution in [2.24, 2.45) is 5.92 Å². The molecule has 0 aromatic carbocycles. The third kappa shape index (κ3) is 4.57. The molecule has 0 bridgehead atoms. The van der Waals surface area contributed by atoms with E-state index in [9.17, 15) is 4.79 Å². The summed E-state index contributed by atoms with van der Waals surface area (Å²) >= 11 is 0. The van der Waals surface area contributed by atoms with Crippen molar-refractivity contribution in [1.29, 1.82) is 0 Å². The minimum absolute atomic E-state index is 0.00777. The summed E-state index contributed by atoms with van der Waals surface area (Å²) < 4.78 is 10.4. The number of H-pyrrole nitrogens is 1. The lowest BCUT2D eigenvalue weighted by atomic mass is 9.89. The predicted molar refractivity (Wildman–Crippen MR) is 92.3 cm³/mol. The highest BCUT2D eigenvalue weighted by atomic mass is 16.5. The summed E-state index contributed by atoms with van der Waals surface area (Å²) in [6.45, 7) is 3.38. The second-order valence-corrected chi connectivity index (χ2v) is 6.25. The lowest BCUT2D eigenvalue weighted by molar-refractivity contribution is -0.125. The number of rotatable bonds is 7. The highest BCUT2D eigenvalue weighted by Gasteiger charge is 2.26. The minimum atomic E-state index is -0.00777. The van der Waals surface area contributed by atoms with Gasteiger partial charge in [-0.15, -0.1) is 0 Å². The fourth-order valence-electron chi connectivity index (χ4n) is 3.05. The number of methoxy groups -OCH3 is 1. The Morgan fingerprint density at radius 3 is 3.16 bits per heavy atom. The Labute approximate surface area is 147 Å². The van der Waals surface area contributed by atoms with Gasteiger partial charge in [0.15, 0.2) is 0 Å². The van der Waals surface area contributed by atoms with Gasteiger partial charge in [0.1, 0.15) is 12.4 Å². The number of carbonyl (C=O) groups excluding carboxylic acids is 1. The largest absolute Gasteiger partial charge is 0.475 e. The maximum atomic E-state index is 12.5. The van der Waals surface area contributed by atoms with Crippen LogP contribution < -0.4 is 10.1 Å². The second kappa shape index (κ2) is 8.11. The van der Waals surface area contributed by atoms with E-state index in [0.717, 1.165) is 42.0 Å². The van der Waals surface area contributed by atoms with Gasteiger partial charge < -0.3 is 19.8 Å². The van der Waals surface area contributed by atoms with E-state index >= 15 is 0 Å². The zero-order valence-electron chi connectivity index (χ0n) is 14.7. The lowest BCUT2D eigenvalue weighted by Crippen LogP contribution is -2.33. The van der Waals surface area contributed by atoms with Gasteiger partial charge in [0.25, 0.3) is 0 Å². The van der Waals surface area contributed by atoms with Crippen molar-refractivity contribution in [2.45, 2.75) is 32.7 Å². The van der Waals surface area contributed by atoms with Gasteiger partial charge in [-0.3, -0.25) is 4.79 Å². The first-order chi connectivity index (χ1) is 12.2. The number of aromatic nitrogens is 3. The number of aromatic amines is 1. The summed E-state index contributed by atoms with van der Waals surface area (Å²) in [5.74, 6) is 1.53. The maximum Gasteiger partial charge on any atom is 0.223 e. The fraction of sp³-hybridized carbons (Fsp3) is 0.500. The number of aryl methyl sites for hydroxylation is 2. The quantitative estimate of drug-likeness (QED) is 0.744. The van der Waals surface area contributed by atoms with E-state index in [-0.39, 0.29) is 11.8 Å². The number of hydrogen-bond donors (Lipinski definition) is 2. The molecule has 1 amide bonds. The van der Waals surface area contributed by atoms with Crippen molar-refractivity contribution in [3.05, 3.63) is 41.1 Å². The summed E-state index contributed by atoms with van der Waals surface area (Å²) in [5, 5.41) is 3.02. The summed E-state index contributed by atoms with van der Waals surface area (Å²) in [6, 6.07) is 3.72. The Bertz CT molecular complexity index is 729. The van der Waals surface area contributed by atoms with Crippen LogP contribution in [0.2, 0.25) is 0 Å². The van der Waals surface area contributed by atoms with Gasteiger partial charge in [-0.1, -0.05) is 0 Å². The normalized spacial score (nSPS) is 16.3. The van der Waals surface area contributed by atoms with Crippen LogP contribution in [0.3, 0.4) is 0 Å². The van der Waals surface area contributed by atoms with E-state index in [1.165, 1.54) is 0 Å². The summed E-state index contributed by atoms with van der Waals surface area (Å²) in [7, 11) is 1.63. The van der Waals surface area contributed by atoms with Gasteiger partial charge >= 0.3 is 0 Å². The predicted octanol–water partition coefficient (Wildman–Crippen LogP) is 1.56. The molecule has 2 aromatic heterocycles. The molecule has 3 rings (SSSR count). The average molecular weight is 344 g/mol. The van der Waals surface area contributed by atoms with E-state index in [4.69, 9.17) is 9.47 Å². The molecule has 7 nitrogen and oxygen atoms in total. The van der Waals surface area contributed by atoms with Gasteiger partial charge in [-0.05, 0) is 31.4 Å². The Hall–Kier alpha value is -2.41. The molecule has 0 fully saturated rings. The highest BCUT2D eigenvalue weighted by molar-refractivity contribution is 5.79. The SMILES string of the molecule is COCCOc1cc(CNC(=O)[C@@H]2CCc3nc(C)[nH]c3C2)ccn1. The molecule has 25 heavy (non-hydrogen) atoms. The number of fused-ring (bicyclic) bond motifs is 1.